The van der Waals surface area contributed by atoms with Crippen LogP contribution in [0.1, 0.15) is 56.3 Å². The first-order valence-electron chi connectivity index (χ1n) is 16.9. The molecule has 0 aromatic heterocycles. The molecule has 1 aliphatic heterocycles. The molecule has 1 aromatic carbocycles. The molecule has 5 aliphatic carbocycles. The summed E-state index contributed by atoms with van der Waals surface area (Å²) in [7, 11) is 3.07. The lowest BCUT2D eigenvalue weighted by molar-refractivity contribution is -0.279. The summed E-state index contributed by atoms with van der Waals surface area (Å²) in [6.45, 7) is 4.76. The molecule has 11 nitrogen and oxygen atoms in total. The Morgan fingerprint density at radius 1 is 1.04 bits per heavy atom. The van der Waals surface area contributed by atoms with Crippen LogP contribution in [0.2, 0.25) is 0 Å². The zero-order chi connectivity index (χ0) is 32.8. The van der Waals surface area contributed by atoms with E-state index in [2.05, 4.69) is 11.8 Å². The predicted molar refractivity (Wildman–Crippen MR) is 164 cm³/mol. The maximum Gasteiger partial charge on any atom is 0.338 e. The summed E-state index contributed by atoms with van der Waals surface area (Å²) in [4.78, 5) is 29.5. The number of carbonyl (C=O) groups excluding carboxylic acids is 2. The highest BCUT2D eigenvalue weighted by atomic mass is 16.6. The molecular formula is C35H49NO10. The normalized spacial score (nSPS) is 46.6. The quantitative estimate of drug-likeness (QED) is 0.275. The molecule has 13 atom stereocenters. The standard InChI is InChI=1S/C35H49NO10/c1-5-36-18-32(12-13-37)11-10-21(16-38)35-24-14-33(42)25(44-4)15-34(46-19(2)40,26(29(35)36)23(17-39)28(32)35)27(24)30(33)45-31(41)20-6-8-22(43-3)9-7-20/h6-9,21,23-30,37-39,42H,5,10-18H2,1-4H3/t21-,23-,24?,25-,26-,27?,28+,29?,30+,32+,33-,34-,35+/m0/s1. The van der Waals surface area contributed by atoms with Crippen molar-refractivity contribution in [3.8, 4) is 5.75 Å². The van der Waals surface area contributed by atoms with Crippen molar-refractivity contribution in [2.75, 3.05) is 47.1 Å². The number of rotatable bonds is 10. The van der Waals surface area contributed by atoms with Crippen LogP contribution in [0.3, 0.4) is 0 Å². The number of hydrogen-bond donors (Lipinski definition) is 4. The number of methoxy groups -OCH3 is 2. The molecule has 11 heteroatoms. The number of aliphatic hydroxyl groups is 4. The van der Waals surface area contributed by atoms with Crippen molar-refractivity contribution in [2.24, 2.45) is 46.3 Å². The number of aliphatic hydroxyl groups excluding tert-OH is 3. The number of hydrogen-bond acceptors (Lipinski definition) is 11. The summed E-state index contributed by atoms with van der Waals surface area (Å²) < 4.78 is 24.3. The number of nitrogens with zero attached hydrogens (tertiary/aromatic N) is 1. The lowest BCUT2D eigenvalue weighted by Gasteiger charge is -2.70. The summed E-state index contributed by atoms with van der Waals surface area (Å²) in [5.41, 5.74) is -3.41. The molecule has 0 radical (unpaired) electrons. The number of likely N-dealkylation sites (tertiary alicyclic amines) is 1. The number of benzene rings is 1. The number of ether oxygens (including phenoxy) is 4. The SMILES string of the molecule is CCN1C[C@]2(CCO)CC[C@@H](CO)[C@]34C5C[C@]6(O)[C@@H](OC)C[C@@](OC(C)=O)(C5[C@H]6OC(=O)c5ccc(OC)cc5)[C@H](C13)[C@H](CO)[C@H]24. The van der Waals surface area contributed by atoms with Gasteiger partial charge < -0.3 is 39.4 Å². The molecule has 4 N–H and O–H groups in total. The molecule has 7 rings (SSSR count). The fourth-order valence-corrected chi connectivity index (χ4v) is 12.9. The van der Waals surface area contributed by atoms with Gasteiger partial charge in [-0.1, -0.05) is 6.92 Å². The van der Waals surface area contributed by atoms with Crippen LogP contribution < -0.4 is 4.74 Å². The Hall–Kier alpha value is -2.28. The largest absolute Gasteiger partial charge is 0.497 e. The summed E-state index contributed by atoms with van der Waals surface area (Å²) in [5, 5.41) is 45.7. The second-order valence-electron chi connectivity index (χ2n) is 15.0. The zero-order valence-electron chi connectivity index (χ0n) is 27.3. The van der Waals surface area contributed by atoms with Crippen LogP contribution in [0.5, 0.6) is 5.75 Å². The monoisotopic (exact) mass is 643 g/mol. The minimum Gasteiger partial charge on any atom is -0.497 e. The highest BCUT2D eigenvalue weighted by Gasteiger charge is 2.88. The van der Waals surface area contributed by atoms with E-state index in [1.807, 2.05) is 0 Å². The van der Waals surface area contributed by atoms with Gasteiger partial charge in [-0.2, -0.15) is 0 Å². The smallest absolute Gasteiger partial charge is 0.338 e. The Bertz CT molecular complexity index is 1360. The summed E-state index contributed by atoms with van der Waals surface area (Å²) in [6.07, 6.45) is 0.668. The maximum absolute atomic E-state index is 13.8. The zero-order valence-corrected chi connectivity index (χ0v) is 27.3. The topological polar surface area (TPSA) is 155 Å². The third-order valence-electron chi connectivity index (χ3n) is 13.8. The first kappa shape index (κ1) is 32.3. The van der Waals surface area contributed by atoms with Crippen molar-refractivity contribution in [1.82, 2.24) is 4.90 Å². The van der Waals surface area contributed by atoms with Gasteiger partial charge in [0.05, 0.1) is 18.8 Å². The molecule has 1 spiro atoms. The Morgan fingerprint density at radius 3 is 2.37 bits per heavy atom. The fourth-order valence-electron chi connectivity index (χ4n) is 12.9. The van der Waals surface area contributed by atoms with Crippen molar-refractivity contribution in [3.63, 3.8) is 0 Å². The van der Waals surface area contributed by atoms with E-state index in [0.29, 0.717) is 24.3 Å². The summed E-state index contributed by atoms with van der Waals surface area (Å²) in [5.74, 6) is -2.32. The molecule has 254 valence electrons. The average molecular weight is 644 g/mol. The van der Waals surface area contributed by atoms with Crippen LogP contribution in [-0.2, 0) is 19.0 Å². The molecule has 1 aromatic rings. The van der Waals surface area contributed by atoms with Gasteiger partial charge in [0, 0.05) is 64.7 Å². The number of piperidine rings is 1. The Labute approximate surface area is 270 Å². The Kier molecular flexibility index (Phi) is 7.81. The first-order chi connectivity index (χ1) is 22.1. The minimum atomic E-state index is -1.58. The van der Waals surface area contributed by atoms with Crippen LogP contribution in [-0.4, -0.2) is 114 Å². The van der Waals surface area contributed by atoms with Gasteiger partial charge in [0.2, 0.25) is 0 Å². The van der Waals surface area contributed by atoms with Crippen molar-refractivity contribution in [1.29, 1.82) is 0 Å². The molecule has 6 aliphatic rings. The van der Waals surface area contributed by atoms with Crippen molar-refractivity contribution in [2.45, 2.75) is 75.4 Å². The molecule has 7 bridgehead atoms. The van der Waals surface area contributed by atoms with Crippen LogP contribution in [0.4, 0.5) is 0 Å². The number of fused-ring (bicyclic) bond motifs is 2. The highest BCUT2D eigenvalue weighted by molar-refractivity contribution is 5.89. The van der Waals surface area contributed by atoms with Crippen molar-refractivity contribution < 1.29 is 49.0 Å². The fraction of sp³-hybridized carbons (Fsp3) is 0.771. The Balaban J connectivity index is 1.46. The Morgan fingerprint density at radius 2 is 1.78 bits per heavy atom. The van der Waals surface area contributed by atoms with Crippen LogP contribution in [0.15, 0.2) is 24.3 Å². The van der Waals surface area contributed by atoms with Gasteiger partial charge in [0.25, 0.3) is 0 Å². The molecule has 3 unspecified atom stereocenters. The van der Waals surface area contributed by atoms with Gasteiger partial charge in [-0.15, -0.1) is 0 Å². The molecule has 46 heavy (non-hydrogen) atoms. The van der Waals surface area contributed by atoms with Gasteiger partial charge in [0.15, 0.2) is 0 Å². The van der Waals surface area contributed by atoms with E-state index >= 15 is 0 Å². The van der Waals surface area contributed by atoms with Crippen LogP contribution in [0.25, 0.3) is 0 Å². The summed E-state index contributed by atoms with van der Waals surface area (Å²) in [6, 6.07) is 6.43. The number of carbonyl (C=O) groups is 2. The second-order valence-corrected chi connectivity index (χ2v) is 15.0. The summed E-state index contributed by atoms with van der Waals surface area (Å²) >= 11 is 0. The molecule has 1 saturated heterocycles. The van der Waals surface area contributed by atoms with E-state index in [4.69, 9.17) is 18.9 Å². The van der Waals surface area contributed by atoms with Gasteiger partial charge in [-0.05, 0) is 91.0 Å². The van der Waals surface area contributed by atoms with Gasteiger partial charge in [-0.3, -0.25) is 9.69 Å². The van der Waals surface area contributed by atoms with Gasteiger partial charge in [-0.25, -0.2) is 4.79 Å². The third kappa shape index (κ3) is 3.87. The maximum atomic E-state index is 13.8. The average Bonchev–Trinajstić information content (AvgIpc) is 3.42. The second kappa shape index (κ2) is 11.1. The van der Waals surface area contributed by atoms with E-state index in [1.165, 1.54) is 14.0 Å². The van der Waals surface area contributed by atoms with Crippen LogP contribution >= 0.6 is 0 Å². The lowest BCUT2D eigenvalue weighted by atomic mass is 9.40. The lowest BCUT2D eigenvalue weighted by Crippen LogP contribution is -2.76. The van der Waals surface area contributed by atoms with E-state index in [1.54, 1.807) is 31.4 Å². The number of esters is 2. The predicted octanol–water partition coefficient (Wildman–Crippen LogP) is 1.64. The van der Waals surface area contributed by atoms with E-state index in [0.717, 1.165) is 19.4 Å². The van der Waals surface area contributed by atoms with E-state index in [9.17, 15) is 30.0 Å². The van der Waals surface area contributed by atoms with Gasteiger partial charge in [0.1, 0.15) is 23.1 Å². The molecule has 5 saturated carbocycles. The van der Waals surface area contributed by atoms with E-state index in [-0.39, 0.29) is 73.7 Å². The molecule has 1 heterocycles. The molecule has 0 amide bonds. The van der Waals surface area contributed by atoms with Crippen LogP contribution in [0, 0.1) is 46.3 Å². The van der Waals surface area contributed by atoms with Gasteiger partial charge >= 0.3 is 11.9 Å². The van der Waals surface area contributed by atoms with Crippen molar-refractivity contribution in [3.05, 3.63) is 29.8 Å². The highest BCUT2D eigenvalue weighted by Crippen LogP contribution is 2.82. The molecule has 6 fully saturated rings. The van der Waals surface area contributed by atoms with Crippen molar-refractivity contribution >= 4 is 11.9 Å². The van der Waals surface area contributed by atoms with E-state index < -0.39 is 46.7 Å². The minimum absolute atomic E-state index is 0.00236. The first-order valence-corrected chi connectivity index (χ1v) is 16.9. The molecular weight excluding hydrogens is 594 g/mol. The third-order valence-corrected chi connectivity index (χ3v) is 13.8.